The zero-order valence-corrected chi connectivity index (χ0v) is 22.2. The molecule has 0 aliphatic heterocycles. The van der Waals surface area contributed by atoms with Crippen LogP contribution in [0.5, 0.6) is 0 Å². The molecule has 194 valence electrons. The van der Waals surface area contributed by atoms with Crippen molar-refractivity contribution in [3.63, 3.8) is 0 Å². The van der Waals surface area contributed by atoms with Crippen molar-refractivity contribution in [2.75, 3.05) is 0 Å². The number of nitrogens with zero attached hydrogens (tertiary/aromatic N) is 1. The summed E-state index contributed by atoms with van der Waals surface area (Å²) >= 11 is 0. The van der Waals surface area contributed by atoms with Gasteiger partial charge in [-0.05, 0) is 42.9 Å². The zero-order chi connectivity index (χ0) is 26.0. The molecule has 1 fully saturated rings. The summed E-state index contributed by atoms with van der Waals surface area (Å²) in [6.07, 6.45) is 6.50. The summed E-state index contributed by atoms with van der Waals surface area (Å²) in [7, 11) is 0. The first-order chi connectivity index (χ1) is 18.0. The average molecular weight is 497 g/mol. The summed E-state index contributed by atoms with van der Waals surface area (Å²) in [5.41, 5.74) is 4.44. The van der Waals surface area contributed by atoms with Gasteiger partial charge in [0.05, 0.1) is 0 Å². The lowest BCUT2D eigenvalue weighted by Crippen LogP contribution is -2.51. The molecule has 1 saturated carbocycles. The van der Waals surface area contributed by atoms with Crippen LogP contribution in [0.3, 0.4) is 0 Å². The molecule has 1 N–H and O–H groups in total. The first-order valence-corrected chi connectivity index (χ1v) is 13.8. The molecule has 4 nitrogen and oxygen atoms in total. The maximum absolute atomic E-state index is 14.1. The van der Waals surface area contributed by atoms with Gasteiger partial charge in [0.1, 0.15) is 6.04 Å². The molecule has 1 aliphatic carbocycles. The van der Waals surface area contributed by atoms with Crippen LogP contribution in [-0.4, -0.2) is 28.8 Å². The molecule has 0 saturated heterocycles. The quantitative estimate of drug-likeness (QED) is 0.337. The molecule has 1 aliphatic rings. The fourth-order valence-electron chi connectivity index (χ4n) is 5.44. The van der Waals surface area contributed by atoms with Crippen LogP contribution in [0.15, 0.2) is 84.9 Å². The van der Waals surface area contributed by atoms with Gasteiger partial charge in [-0.1, -0.05) is 117 Å². The van der Waals surface area contributed by atoms with Crippen molar-refractivity contribution in [1.29, 1.82) is 0 Å². The van der Waals surface area contributed by atoms with Crippen molar-refractivity contribution in [2.45, 2.75) is 83.3 Å². The van der Waals surface area contributed by atoms with Crippen molar-refractivity contribution >= 4 is 11.8 Å². The molecule has 4 rings (SSSR count). The summed E-state index contributed by atoms with van der Waals surface area (Å²) in [4.78, 5) is 29.5. The van der Waals surface area contributed by atoms with E-state index in [-0.39, 0.29) is 23.8 Å². The molecule has 1 atom stereocenters. The molecule has 0 bridgehead atoms. The minimum Gasteiger partial charge on any atom is -0.352 e. The van der Waals surface area contributed by atoms with E-state index >= 15 is 0 Å². The predicted octanol–water partition coefficient (Wildman–Crippen LogP) is 6.77. The van der Waals surface area contributed by atoms with Crippen molar-refractivity contribution in [3.05, 3.63) is 107 Å². The number of aryl methyl sites for hydroxylation is 1. The van der Waals surface area contributed by atoms with E-state index in [1.165, 1.54) is 12.0 Å². The molecule has 3 aromatic carbocycles. The topological polar surface area (TPSA) is 49.4 Å². The van der Waals surface area contributed by atoms with Crippen LogP contribution >= 0.6 is 0 Å². The van der Waals surface area contributed by atoms with Gasteiger partial charge < -0.3 is 10.2 Å². The van der Waals surface area contributed by atoms with E-state index in [0.29, 0.717) is 19.4 Å². The van der Waals surface area contributed by atoms with E-state index in [2.05, 4.69) is 60.8 Å². The number of hydrogen-bond donors (Lipinski definition) is 1. The maximum atomic E-state index is 14.1. The lowest BCUT2D eigenvalue weighted by molar-refractivity contribution is -0.142. The first-order valence-electron chi connectivity index (χ1n) is 13.8. The van der Waals surface area contributed by atoms with Crippen molar-refractivity contribution in [2.24, 2.45) is 0 Å². The van der Waals surface area contributed by atoms with Crippen LogP contribution in [0.25, 0.3) is 0 Å². The van der Waals surface area contributed by atoms with Crippen LogP contribution in [0, 0.1) is 6.92 Å². The summed E-state index contributed by atoms with van der Waals surface area (Å²) in [6.45, 7) is 4.49. The van der Waals surface area contributed by atoms with Crippen LogP contribution < -0.4 is 5.32 Å². The average Bonchev–Trinajstić information content (AvgIpc) is 2.94. The largest absolute Gasteiger partial charge is 0.352 e. The maximum Gasteiger partial charge on any atom is 0.243 e. The van der Waals surface area contributed by atoms with Crippen LogP contribution in [0.1, 0.15) is 80.0 Å². The van der Waals surface area contributed by atoms with Gasteiger partial charge in [-0.2, -0.15) is 0 Å². The van der Waals surface area contributed by atoms with Crippen molar-refractivity contribution in [1.82, 2.24) is 10.2 Å². The summed E-state index contributed by atoms with van der Waals surface area (Å²) in [6, 6.07) is 28.4. The Kier molecular flexibility index (Phi) is 9.53. The number of carbonyl (C=O) groups excluding carboxylic acids is 2. The minimum absolute atomic E-state index is 0.00363. The molecular formula is C33H40N2O2. The lowest BCUT2D eigenvalue weighted by Gasteiger charge is -2.34. The van der Waals surface area contributed by atoms with Crippen LogP contribution in [0.4, 0.5) is 0 Å². The van der Waals surface area contributed by atoms with Gasteiger partial charge in [0, 0.05) is 24.9 Å². The molecule has 0 spiro atoms. The van der Waals surface area contributed by atoms with E-state index in [0.717, 1.165) is 42.4 Å². The molecule has 0 radical (unpaired) electrons. The first kappa shape index (κ1) is 26.7. The highest BCUT2D eigenvalue weighted by atomic mass is 16.2. The molecular weight excluding hydrogens is 456 g/mol. The highest BCUT2D eigenvalue weighted by Crippen LogP contribution is 2.30. The third-order valence-corrected chi connectivity index (χ3v) is 7.59. The monoisotopic (exact) mass is 496 g/mol. The number of carbonyl (C=O) groups is 2. The van der Waals surface area contributed by atoms with E-state index in [1.54, 1.807) is 0 Å². The Morgan fingerprint density at radius 2 is 1.41 bits per heavy atom. The van der Waals surface area contributed by atoms with Crippen LogP contribution in [0.2, 0.25) is 0 Å². The number of nitrogens with one attached hydrogen (secondary N) is 1. The second-order valence-corrected chi connectivity index (χ2v) is 10.4. The van der Waals surface area contributed by atoms with E-state index in [4.69, 9.17) is 0 Å². The van der Waals surface area contributed by atoms with E-state index in [1.807, 2.05) is 48.2 Å². The molecule has 4 heteroatoms. The molecule has 0 heterocycles. The normalized spacial score (nSPS) is 14.8. The van der Waals surface area contributed by atoms with Gasteiger partial charge in [0.2, 0.25) is 11.8 Å². The van der Waals surface area contributed by atoms with Crippen molar-refractivity contribution < 1.29 is 9.59 Å². The minimum atomic E-state index is -0.497. The second-order valence-electron chi connectivity index (χ2n) is 10.4. The molecule has 0 aromatic heterocycles. The summed E-state index contributed by atoms with van der Waals surface area (Å²) in [5, 5.41) is 3.28. The van der Waals surface area contributed by atoms with Gasteiger partial charge >= 0.3 is 0 Å². The number of rotatable bonds is 10. The molecule has 37 heavy (non-hydrogen) atoms. The number of hydrogen-bond acceptors (Lipinski definition) is 2. The third-order valence-electron chi connectivity index (χ3n) is 7.59. The van der Waals surface area contributed by atoms with Gasteiger partial charge in [-0.15, -0.1) is 0 Å². The van der Waals surface area contributed by atoms with Crippen LogP contribution in [-0.2, 0) is 16.1 Å². The second kappa shape index (κ2) is 13.2. The summed E-state index contributed by atoms with van der Waals surface area (Å²) < 4.78 is 0. The molecule has 0 unspecified atom stereocenters. The highest BCUT2D eigenvalue weighted by molar-refractivity contribution is 5.88. The van der Waals surface area contributed by atoms with Crippen molar-refractivity contribution in [3.8, 4) is 0 Å². The number of amides is 2. The fraction of sp³-hybridized carbons (Fsp3) is 0.394. The Bertz CT molecular complexity index is 1080. The third kappa shape index (κ3) is 7.31. The Hall–Kier alpha value is -3.40. The fourth-order valence-corrected chi connectivity index (χ4v) is 5.44. The smallest absolute Gasteiger partial charge is 0.243 e. The standard InChI is InChI=1S/C33H40N2O2/c1-3-31(33(37)34-29-17-11-6-12-18-29)35(24-26-21-19-25(2)20-22-26)32(36)23-30(27-13-7-4-8-14-27)28-15-9-5-10-16-28/h4-5,7-10,13-16,19-22,29-31H,3,6,11-12,17-18,23-24H2,1-2H3,(H,34,37)/t31-/m0/s1. The van der Waals surface area contributed by atoms with Gasteiger partial charge in [0.25, 0.3) is 0 Å². The van der Waals surface area contributed by atoms with Gasteiger partial charge in [-0.3, -0.25) is 9.59 Å². The van der Waals surface area contributed by atoms with Gasteiger partial charge in [0.15, 0.2) is 0 Å². The Morgan fingerprint density at radius 1 is 0.838 bits per heavy atom. The Morgan fingerprint density at radius 3 is 1.95 bits per heavy atom. The summed E-state index contributed by atoms with van der Waals surface area (Å²) in [5.74, 6) is -0.0934. The Balaban J connectivity index is 1.61. The molecule has 3 aromatic rings. The van der Waals surface area contributed by atoms with E-state index in [9.17, 15) is 9.59 Å². The van der Waals surface area contributed by atoms with E-state index < -0.39 is 6.04 Å². The lowest BCUT2D eigenvalue weighted by atomic mass is 9.88. The predicted molar refractivity (Wildman–Crippen MR) is 150 cm³/mol. The highest BCUT2D eigenvalue weighted by Gasteiger charge is 2.32. The Labute approximate surface area is 222 Å². The SMILES string of the molecule is CC[C@@H](C(=O)NC1CCCCC1)N(Cc1ccc(C)cc1)C(=O)CC(c1ccccc1)c1ccccc1. The molecule has 2 amide bonds. The number of benzene rings is 3. The van der Waals surface area contributed by atoms with Gasteiger partial charge in [-0.25, -0.2) is 0 Å². The zero-order valence-electron chi connectivity index (χ0n) is 22.2.